The van der Waals surface area contributed by atoms with Gasteiger partial charge in [0, 0.05) is 24.5 Å². The molecule has 0 bridgehead atoms. The highest BCUT2D eigenvalue weighted by molar-refractivity contribution is 6.06. The van der Waals surface area contributed by atoms with Gasteiger partial charge in [0.25, 0.3) is 0 Å². The van der Waals surface area contributed by atoms with Crippen LogP contribution in [0.3, 0.4) is 0 Å². The Morgan fingerprint density at radius 2 is 1.94 bits per heavy atom. The Kier molecular flexibility index (Phi) is 8.58. The van der Waals surface area contributed by atoms with E-state index in [-0.39, 0.29) is 5.78 Å². The second-order valence-electron chi connectivity index (χ2n) is 7.96. The van der Waals surface area contributed by atoms with Crippen LogP contribution in [-0.2, 0) is 17.8 Å². The number of hydrogen-bond acceptors (Lipinski definition) is 4. The molecule has 33 heavy (non-hydrogen) atoms. The lowest BCUT2D eigenvalue weighted by molar-refractivity contribution is -0.144. The van der Waals surface area contributed by atoms with Crippen LogP contribution >= 0.6 is 0 Å². The number of ether oxygens (including phenoxy) is 1. The number of carbonyl (C=O) groups excluding carboxylic acids is 1. The summed E-state index contributed by atoms with van der Waals surface area (Å²) in [6.45, 7) is 4.16. The van der Waals surface area contributed by atoms with Gasteiger partial charge >= 0.3 is 5.97 Å². The highest BCUT2D eigenvalue weighted by Gasteiger charge is 2.15. The zero-order valence-electron chi connectivity index (χ0n) is 19.1. The minimum atomic E-state index is -1.01. The quantitative estimate of drug-likeness (QED) is 0.297. The lowest BCUT2D eigenvalue weighted by Gasteiger charge is -2.10. The van der Waals surface area contributed by atoms with Gasteiger partial charge in [0.2, 0.25) is 5.78 Å². The van der Waals surface area contributed by atoms with Gasteiger partial charge in [0.1, 0.15) is 5.75 Å². The van der Waals surface area contributed by atoms with E-state index < -0.39 is 12.1 Å². The SMILES string of the molecule is CCCCCc1ccc(C(=O)c2nccn2C/C=C/c2cccc(O[C@@H](C)C(=O)O)c2)cc1. The van der Waals surface area contributed by atoms with E-state index in [1.807, 2.05) is 48.6 Å². The van der Waals surface area contributed by atoms with Crippen LogP contribution in [0.1, 0.15) is 60.4 Å². The number of rotatable bonds is 12. The maximum Gasteiger partial charge on any atom is 0.344 e. The molecule has 3 aromatic rings. The molecule has 0 amide bonds. The minimum absolute atomic E-state index is 0.105. The largest absolute Gasteiger partial charge is 0.479 e. The molecule has 0 fully saturated rings. The first-order valence-electron chi connectivity index (χ1n) is 11.3. The first-order valence-corrected chi connectivity index (χ1v) is 11.3. The second kappa shape index (κ2) is 11.8. The molecule has 1 atom stereocenters. The normalized spacial score (nSPS) is 12.1. The molecule has 6 heteroatoms. The lowest BCUT2D eigenvalue weighted by atomic mass is 10.0. The Labute approximate surface area is 194 Å². The van der Waals surface area contributed by atoms with Crippen LogP contribution in [0.2, 0.25) is 0 Å². The number of carboxylic acid groups (broad SMARTS) is 1. The summed E-state index contributed by atoms with van der Waals surface area (Å²) >= 11 is 0. The summed E-state index contributed by atoms with van der Waals surface area (Å²) in [7, 11) is 0. The van der Waals surface area contributed by atoms with E-state index in [0.717, 1.165) is 18.4 Å². The van der Waals surface area contributed by atoms with Gasteiger partial charge in [-0.05, 0) is 43.0 Å². The number of ketones is 1. The van der Waals surface area contributed by atoms with Crippen molar-refractivity contribution in [1.29, 1.82) is 0 Å². The molecule has 0 aliphatic rings. The van der Waals surface area contributed by atoms with Crippen molar-refractivity contribution in [2.75, 3.05) is 0 Å². The van der Waals surface area contributed by atoms with Crippen LogP contribution in [-0.4, -0.2) is 32.5 Å². The maximum atomic E-state index is 13.0. The van der Waals surface area contributed by atoms with E-state index in [4.69, 9.17) is 9.84 Å². The van der Waals surface area contributed by atoms with Gasteiger partial charge in [-0.1, -0.05) is 68.3 Å². The molecule has 172 valence electrons. The van der Waals surface area contributed by atoms with Crippen LogP contribution in [0.25, 0.3) is 6.08 Å². The number of hydrogen-bond donors (Lipinski definition) is 1. The molecule has 0 spiro atoms. The third-order valence-corrected chi connectivity index (χ3v) is 5.33. The standard InChI is InChI=1S/C27H30N2O4/c1-3-4-5-8-21-12-14-23(15-13-21)25(30)26-28-16-18-29(26)17-7-10-22-9-6-11-24(19-22)33-20(2)27(31)32/h6-7,9-16,18-20H,3-5,8,17H2,1-2H3,(H,31,32)/b10-7+/t20-/m0/s1. The summed E-state index contributed by atoms with van der Waals surface area (Å²) in [5, 5.41) is 8.99. The summed E-state index contributed by atoms with van der Waals surface area (Å²) < 4.78 is 7.22. The predicted octanol–water partition coefficient (Wildman–Crippen LogP) is 5.41. The highest BCUT2D eigenvalue weighted by atomic mass is 16.5. The molecule has 6 nitrogen and oxygen atoms in total. The van der Waals surface area contributed by atoms with Gasteiger partial charge in [-0.25, -0.2) is 9.78 Å². The molecule has 1 heterocycles. The van der Waals surface area contributed by atoms with Crippen molar-refractivity contribution >= 4 is 17.8 Å². The summed E-state index contributed by atoms with van der Waals surface area (Å²) in [5.74, 6) is -0.236. The van der Waals surface area contributed by atoms with Gasteiger partial charge in [-0.15, -0.1) is 0 Å². The van der Waals surface area contributed by atoms with Crippen molar-refractivity contribution in [1.82, 2.24) is 9.55 Å². The number of aliphatic carboxylic acids is 1. The molecule has 2 aromatic carbocycles. The van der Waals surface area contributed by atoms with Gasteiger partial charge < -0.3 is 14.4 Å². The summed E-state index contributed by atoms with van der Waals surface area (Å²) in [5.41, 5.74) is 2.75. The van der Waals surface area contributed by atoms with E-state index in [1.54, 1.807) is 29.1 Å². The van der Waals surface area contributed by atoms with Crippen molar-refractivity contribution in [3.8, 4) is 5.75 Å². The van der Waals surface area contributed by atoms with Crippen LogP contribution in [0, 0.1) is 0 Å². The molecule has 0 aliphatic carbocycles. The highest BCUT2D eigenvalue weighted by Crippen LogP contribution is 2.17. The minimum Gasteiger partial charge on any atom is -0.479 e. The number of aryl methyl sites for hydroxylation is 1. The van der Waals surface area contributed by atoms with Crippen LogP contribution in [0.5, 0.6) is 5.75 Å². The smallest absolute Gasteiger partial charge is 0.344 e. The Hall–Kier alpha value is -3.67. The Balaban J connectivity index is 1.63. The van der Waals surface area contributed by atoms with Gasteiger partial charge in [0.05, 0.1) is 0 Å². The number of imidazole rings is 1. The molecule has 0 aliphatic heterocycles. The molecular formula is C27H30N2O4. The molecule has 1 aromatic heterocycles. The molecule has 3 rings (SSSR count). The summed E-state index contributed by atoms with van der Waals surface area (Å²) in [4.78, 5) is 28.2. The van der Waals surface area contributed by atoms with Crippen molar-refractivity contribution in [2.24, 2.45) is 0 Å². The zero-order chi connectivity index (χ0) is 23.6. The molecule has 0 unspecified atom stereocenters. The average molecular weight is 447 g/mol. The predicted molar refractivity (Wildman–Crippen MR) is 129 cm³/mol. The molecular weight excluding hydrogens is 416 g/mol. The van der Waals surface area contributed by atoms with Gasteiger partial charge in [-0.3, -0.25) is 4.79 Å². The number of nitrogens with zero attached hydrogens (tertiary/aromatic N) is 2. The Morgan fingerprint density at radius 1 is 1.15 bits per heavy atom. The molecule has 1 N–H and O–H groups in total. The van der Waals surface area contributed by atoms with E-state index in [1.165, 1.54) is 25.3 Å². The number of carbonyl (C=O) groups is 2. The van der Waals surface area contributed by atoms with Crippen LogP contribution in [0.15, 0.2) is 67.0 Å². The number of benzene rings is 2. The van der Waals surface area contributed by atoms with E-state index in [0.29, 0.717) is 23.7 Å². The third-order valence-electron chi connectivity index (χ3n) is 5.33. The van der Waals surface area contributed by atoms with Crippen molar-refractivity contribution in [3.63, 3.8) is 0 Å². The van der Waals surface area contributed by atoms with E-state index in [2.05, 4.69) is 11.9 Å². The zero-order valence-corrected chi connectivity index (χ0v) is 19.1. The van der Waals surface area contributed by atoms with Gasteiger partial charge in [0.15, 0.2) is 11.9 Å². The van der Waals surface area contributed by atoms with Crippen LogP contribution < -0.4 is 4.74 Å². The fourth-order valence-electron chi connectivity index (χ4n) is 3.44. The number of carboxylic acids is 1. The Morgan fingerprint density at radius 3 is 2.67 bits per heavy atom. The third kappa shape index (κ3) is 6.91. The summed E-state index contributed by atoms with van der Waals surface area (Å²) in [6, 6.07) is 15.0. The van der Waals surface area contributed by atoms with Crippen molar-refractivity contribution in [2.45, 2.75) is 52.2 Å². The molecule has 0 saturated carbocycles. The van der Waals surface area contributed by atoms with E-state index >= 15 is 0 Å². The fourth-order valence-corrected chi connectivity index (χ4v) is 3.44. The number of unbranched alkanes of at least 4 members (excludes halogenated alkanes) is 2. The number of aromatic nitrogens is 2. The van der Waals surface area contributed by atoms with Crippen molar-refractivity contribution in [3.05, 3.63) is 89.5 Å². The average Bonchev–Trinajstić information content (AvgIpc) is 3.28. The van der Waals surface area contributed by atoms with Crippen LogP contribution in [0.4, 0.5) is 0 Å². The maximum absolute atomic E-state index is 13.0. The van der Waals surface area contributed by atoms with E-state index in [9.17, 15) is 9.59 Å². The topological polar surface area (TPSA) is 81.4 Å². The first kappa shape index (κ1) is 24.0. The lowest BCUT2D eigenvalue weighted by Crippen LogP contribution is -2.22. The first-order chi connectivity index (χ1) is 16.0. The molecule has 0 radical (unpaired) electrons. The summed E-state index contributed by atoms with van der Waals surface area (Å²) in [6.07, 6.45) is 10.9. The Bertz CT molecular complexity index is 1100. The van der Waals surface area contributed by atoms with Crippen molar-refractivity contribution < 1.29 is 19.4 Å². The molecule has 0 saturated heterocycles. The number of allylic oxidation sites excluding steroid dienone is 1. The monoisotopic (exact) mass is 446 g/mol. The fraction of sp³-hybridized carbons (Fsp3) is 0.296. The second-order valence-corrected chi connectivity index (χ2v) is 7.96. The van der Waals surface area contributed by atoms with Gasteiger partial charge in [-0.2, -0.15) is 0 Å².